The Morgan fingerprint density at radius 1 is 1.11 bits per heavy atom. The quantitative estimate of drug-likeness (QED) is 0.566. The third kappa shape index (κ3) is 3.00. The van der Waals surface area contributed by atoms with Crippen molar-refractivity contribution in [1.29, 1.82) is 0 Å². The Hall–Kier alpha value is -2.14. The fourth-order valence-electron chi connectivity index (χ4n) is 2.03. The van der Waals surface area contributed by atoms with Crippen LogP contribution in [-0.2, 0) is 13.0 Å². The SMILES string of the molecule is CCc1ccccc1CNc1ncnc(NN)c1C. The van der Waals surface area contributed by atoms with Gasteiger partial charge in [-0.1, -0.05) is 31.2 Å². The summed E-state index contributed by atoms with van der Waals surface area (Å²) in [6, 6.07) is 8.39. The van der Waals surface area contributed by atoms with E-state index in [0.29, 0.717) is 5.82 Å². The van der Waals surface area contributed by atoms with Crippen molar-refractivity contribution in [3.63, 3.8) is 0 Å². The summed E-state index contributed by atoms with van der Waals surface area (Å²) in [7, 11) is 0. The molecule has 1 aromatic carbocycles. The van der Waals surface area contributed by atoms with Gasteiger partial charge in [-0.2, -0.15) is 0 Å². The first-order valence-electron chi connectivity index (χ1n) is 6.35. The summed E-state index contributed by atoms with van der Waals surface area (Å²) >= 11 is 0. The third-order valence-corrected chi connectivity index (χ3v) is 3.17. The summed E-state index contributed by atoms with van der Waals surface area (Å²) < 4.78 is 0. The fraction of sp³-hybridized carbons (Fsp3) is 0.286. The van der Waals surface area contributed by atoms with E-state index in [1.54, 1.807) is 0 Å². The summed E-state index contributed by atoms with van der Waals surface area (Å²) in [6.45, 7) is 4.83. The molecular formula is C14H19N5. The van der Waals surface area contributed by atoms with E-state index in [4.69, 9.17) is 5.84 Å². The number of nitrogen functional groups attached to an aromatic ring is 1. The molecule has 0 radical (unpaired) electrons. The number of nitrogens with two attached hydrogens (primary N) is 1. The number of nitrogens with one attached hydrogen (secondary N) is 2. The lowest BCUT2D eigenvalue weighted by molar-refractivity contribution is 1.01. The van der Waals surface area contributed by atoms with Crippen LogP contribution in [0.2, 0.25) is 0 Å². The smallest absolute Gasteiger partial charge is 0.148 e. The van der Waals surface area contributed by atoms with E-state index in [1.807, 2.05) is 6.92 Å². The maximum absolute atomic E-state index is 5.40. The van der Waals surface area contributed by atoms with Crippen molar-refractivity contribution in [3.8, 4) is 0 Å². The zero-order valence-electron chi connectivity index (χ0n) is 11.3. The molecule has 2 aromatic rings. The van der Waals surface area contributed by atoms with Gasteiger partial charge in [-0.3, -0.25) is 0 Å². The number of aromatic nitrogens is 2. The first-order chi connectivity index (χ1) is 9.26. The maximum Gasteiger partial charge on any atom is 0.148 e. The summed E-state index contributed by atoms with van der Waals surface area (Å²) in [5.74, 6) is 6.84. The first kappa shape index (κ1) is 13.3. The monoisotopic (exact) mass is 257 g/mol. The van der Waals surface area contributed by atoms with E-state index < -0.39 is 0 Å². The molecule has 0 aliphatic heterocycles. The highest BCUT2D eigenvalue weighted by atomic mass is 15.3. The zero-order chi connectivity index (χ0) is 13.7. The van der Waals surface area contributed by atoms with Gasteiger partial charge in [0.1, 0.15) is 18.0 Å². The fourth-order valence-corrected chi connectivity index (χ4v) is 2.03. The molecule has 1 heterocycles. The van der Waals surface area contributed by atoms with E-state index in [0.717, 1.165) is 24.3 Å². The van der Waals surface area contributed by atoms with Gasteiger partial charge in [0.05, 0.1) is 0 Å². The largest absolute Gasteiger partial charge is 0.366 e. The minimum absolute atomic E-state index is 0.640. The number of benzene rings is 1. The van der Waals surface area contributed by atoms with Crippen LogP contribution in [0.15, 0.2) is 30.6 Å². The van der Waals surface area contributed by atoms with Gasteiger partial charge in [0.25, 0.3) is 0 Å². The normalized spacial score (nSPS) is 10.3. The molecule has 0 atom stereocenters. The molecule has 0 unspecified atom stereocenters. The predicted octanol–water partition coefficient (Wildman–Crippen LogP) is 2.25. The predicted molar refractivity (Wildman–Crippen MR) is 77.7 cm³/mol. The van der Waals surface area contributed by atoms with Crippen molar-refractivity contribution in [2.75, 3.05) is 10.7 Å². The standard InChI is InChI=1S/C14H19N5/c1-3-11-6-4-5-7-12(11)8-16-13-10(2)14(19-15)18-9-17-13/h4-7,9H,3,8,15H2,1-2H3,(H2,16,17,18,19). The van der Waals surface area contributed by atoms with E-state index in [2.05, 4.69) is 51.9 Å². The maximum atomic E-state index is 5.40. The van der Waals surface area contributed by atoms with Crippen LogP contribution >= 0.6 is 0 Å². The minimum atomic E-state index is 0.640. The lowest BCUT2D eigenvalue weighted by Crippen LogP contribution is -2.13. The molecule has 19 heavy (non-hydrogen) atoms. The van der Waals surface area contributed by atoms with Crippen LogP contribution in [0.1, 0.15) is 23.6 Å². The molecule has 2 rings (SSSR count). The van der Waals surface area contributed by atoms with E-state index >= 15 is 0 Å². The number of hydrazine groups is 1. The van der Waals surface area contributed by atoms with Gasteiger partial charge in [-0.15, -0.1) is 0 Å². The van der Waals surface area contributed by atoms with Crippen molar-refractivity contribution in [1.82, 2.24) is 9.97 Å². The Bertz CT molecular complexity index is 553. The average Bonchev–Trinajstić information content (AvgIpc) is 2.46. The van der Waals surface area contributed by atoms with Crippen LogP contribution in [0, 0.1) is 6.92 Å². The van der Waals surface area contributed by atoms with Crippen LogP contribution in [0.4, 0.5) is 11.6 Å². The Kier molecular flexibility index (Phi) is 4.30. The summed E-state index contributed by atoms with van der Waals surface area (Å²) in [4.78, 5) is 8.30. The van der Waals surface area contributed by atoms with E-state index in [1.165, 1.54) is 17.5 Å². The van der Waals surface area contributed by atoms with E-state index in [-0.39, 0.29) is 0 Å². The molecule has 1 aromatic heterocycles. The van der Waals surface area contributed by atoms with Crippen LogP contribution < -0.4 is 16.6 Å². The van der Waals surface area contributed by atoms with Crippen LogP contribution in [-0.4, -0.2) is 9.97 Å². The van der Waals surface area contributed by atoms with Crippen molar-refractivity contribution in [2.24, 2.45) is 5.84 Å². The van der Waals surface area contributed by atoms with Gasteiger partial charge in [-0.05, 0) is 24.5 Å². The van der Waals surface area contributed by atoms with Gasteiger partial charge in [0.15, 0.2) is 0 Å². The summed E-state index contributed by atoms with van der Waals surface area (Å²) in [5, 5.41) is 3.33. The molecule has 0 aliphatic rings. The van der Waals surface area contributed by atoms with Crippen LogP contribution in [0.5, 0.6) is 0 Å². The molecule has 4 N–H and O–H groups in total. The van der Waals surface area contributed by atoms with Gasteiger partial charge in [0.2, 0.25) is 0 Å². The average molecular weight is 257 g/mol. The second kappa shape index (κ2) is 6.15. The summed E-state index contributed by atoms with van der Waals surface area (Å²) in [5.41, 5.74) is 6.11. The minimum Gasteiger partial charge on any atom is -0.366 e. The second-order valence-corrected chi connectivity index (χ2v) is 4.32. The molecule has 0 saturated heterocycles. The number of rotatable bonds is 5. The number of hydrogen-bond donors (Lipinski definition) is 3. The molecular weight excluding hydrogens is 238 g/mol. The molecule has 5 nitrogen and oxygen atoms in total. The molecule has 0 aliphatic carbocycles. The molecule has 0 amide bonds. The van der Waals surface area contributed by atoms with Gasteiger partial charge < -0.3 is 10.7 Å². The lowest BCUT2D eigenvalue weighted by atomic mass is 10.1. The van der Waals surface area contributed by atoms with Crippen molar-refractivity contribution in [2.45, 2.75) is 26.8 Å². The number of hydrogen-bond acceptors (Lipinski definition) is 5. The molecule has 0 bridgehead atoms. The van der Waals surface area contributed by atoms with Crippen molar-refractivity contribution in [3.05, 3.63) is 47.3 Å². The van der Waals surface area contributed by atoms with Gasteiger partial charge in [0, 0.05) is 12.1 Å². The molecule has 0 fully saturated rings. The van der Waals surface area contributed by atoms with Crippen molar-refractivity contribution >= 4 is 11.6 Å². The number of aryl methyl sites for hydroxylation is 1. The Labute approximate surface area is 113 Å². The highest BCUT2D eigenvalue weighted by Gasteiger charge is 2.06. The van der Waals surface area contributed by atoms with Crippen molar-refractivity contribution < 1.29 is 0 Å². The second-order valence-electron chi connectivity index (χ2n) is 4.32. The highest BCUT2D eigenvalue weighted by Crippen LogP contribution is 2.18. The number of nitrogens with zero attached hydrogens (tertiary/aromatic N) is 2. The first-order valence-corrected chi connectivity index (χ1v) is 6.35. The lowest BCUT2D eigenvalue weighted by Gasteiger charge is -2.12. The highest BCUT2D eigenvalue weighted by molar-refractivity contribution is 5.56. The van der Waals surface area contributed by atoms with E-state index in [9.17, 15) is 0 Å². The zero-order valence-corrected chi connectivity index (χ0v) is 11.3. The van der Waals surface area contributed by atoms with Gasteiger partial charge >= 0.3 is 0 Å². The number of anilines is 2. The molecule has 0 saturated carbocycles. The van der Waals surface area contributed by atoms with Gasteiger partial charge in [-0.25, -0.2) is 15.8 Å². The Balaban J connectivity index is 2.15. The topological polar surface area (TPSA) is 75.9 Å². The Morgan fingerprint density at radius 2 is 1.79 bits per heavy atom. The van der Waals surface area contributed by atoms with Crippen LogP contribution in [0.3, 0.4) is 0 Å². The molecule has 100 valence electrons. The molecule has 5 heteroatoms. The molecule has 0 spiro atoms. The third-order valence-electron chi connectivity index (χ3n) is 3.17. The van der Waals surface area contributed by atoms with Crippen LogP contribution in [0.25, 0.3) is 0 Å². The Morgan fingerprint density at radius 3 is 2.47 bits per heavy atom. The summed E-state index contributed by atoms with van der Waals surface area (Å²) in [6.07, 6.45) is 2.52.